The van der Waals surface area contributed by atoms with E-state index in [1.807, 2.05) is 0 Å². The lowest BCUT2D eigenvalue weighted by Crippen LogP contribution is -1.98. The fraction of sp³-hybridized carbons (Fsp3) is 1.00. The highest BCUT2D eigenvalue weighted by Crippen LogP contribution is 1.50. The van der Waals surface area contributed by atoms with Crippen LogP contribution in [0.5, 0.6) is 0 Å². The third-order valence-corrected chi connectivity index (χ3v) is 0.109. The maximum Gasteiger partial charge on any atom is 0.102 e. The maximum atomic E-state index is 10.6. The molecule has 0 unspecified atom stereocenters. The van der Waals surface area contributed by atoms with Gasteiger partial charge in [-0.1, -0.05) is 0 Å². The van der Waals surface area contributed by atoms with Crippen LogP contribution in [-0.4, -0.2) is 21.6 Å². The number of nitrogens with two attached hydrogens (primary N) is 1. The minimum atomic E-state index is -0.403. The predicted octanol–water partition coefficient (Wildman–Crippen LogP) is -1.27. The molecule has 0 radical (unpaired) electrons. The molecule has 0 bridgehead atoms. The molecule has 0 heterocycles. The van der Waals surface area contributed by atoms with Crippen molar-refractivity contribution in [3.8, 4) is 0 Å². The topological polar surface area (TPSA) is 26.0 Å². The van der Waals surface area contributed by atoms with Crippen LogP contribution in [0, 0.1) is 0 Å². The van der Waals surface area contributed by atoms with Crippen molar-refractivity contribution in [2.24, 2.45) is 5.73 Å². The summed E-state index contributed by atoms with van der Waals surface area (Å²) in [6.45, 7) is -0.250. The lowest BCUT2D eigenvalue weighted by molar-refractivity contribution is 0.504. The van der Waals surface area contributed by atoms with Crippen LogP contribution in [0.2, 0.25) is 0 Å². The number of alkyl halides is 1. The number of hydrogen-bond donors (Lipinski definition) is 1. The summed E-state index contributed by atoms with van der Waals surface area (Å²) in [4.78, 5) is 0. The van der Waals surface area contributed by atoms with E-state index in [1.54, 1.807) is 0 Å². The minimum absolute atomic E-state index is 0. The molecule has 1 nitrogen and oxygen atoms in total. The van der Waals surface area contributed by atoms with Crippen LogP contribution in [0.1, 0.15) is 0 Å². The van der Waals surface area contributed by atoms with E-state index in [4.69, 9.17) is 0 Å². The van der Waals surface area contributed by atoms with Crippen molar-refractivity contribution in [3.63, 3.8) is 0 Å². The zero-order valence-corrected chi connectivity index (χ0v) is 2.37. The molecule has 0 aliphatic heterocycles. The third-order valence-electron chi connectivity index (χ3n) is 0.109. The summed E-state index contributed by atoms with van der Waals surface area (Å²) in [5, 5.41) is 0. The summed E-state index contributed by atoms with van der Waals surface area (Å²) < 4.78 is 10.6. The summed E-state index contributed by atoms with van der Waals surface area (Å²) in [7, 11) is 0. The van der Waals surface area contributed by atoms with Gasteiger partial charge in [-0.25, -0.2) is 4.39 Å². The minimum Gasteiger partial charge on any atom is -0.328 e. The highest BCUT2D eigenvalue weighted by atomic mass is 19.1. The van der Waals surface area contributed by atoms with Gasteiger partial charge in [0.25, 0.3) is 0 Å². The van der Waals surface area contributed by atoms with Crippen molar-refractivity contribution in [2.45, 2.75) is 0 Å². The summed E-state index contributed by atoms with van der Waals surface area (Å²) in [5.41, 5.74) is 4.65. The van der Waals surface area contributed by atoms with Crippen molar-refractivity contribution in [1.29, 1.82) is 0 Å². The van der Waals surface area contributed by atoms with Gasteiger partial charge in [-0.15, -0.1) is 0 Å². The average molecular weight is 76.9 g/mol. The van der Waals surface area contributed by atoms with Crippen molar-refractivity contribution < 1.29 is 4.39 Å². The van der Waals surface area contributed by atoms with Gasteiger partial charge >= 0.3 is 0 Å². The number of hydrogen-bond acceptors (Lipinski definition) is 1. The summed E-state index contributed by atoms with van der Waals surface area (Å²) >= 11 is 0. The Morgan fingerprint density at radius 1 is 1.60 bits per heavy atom. The SMILES string of the molecule is B.NCCF. The van der Waals surface area contributed by atoms with Crippen LogP contribution in [0.3, 0.4) is 0 Å². The van der Waals surface area contributed by atoms with E-state index < -0.39 is 6.67 Å². The Bertz CT molecular complexity index is 11.6. The van der Waals surface area contributed by atoms with E-state index in [0.717, 1.165) is 0 Å². The quantitative estimate of drug-likeness (QED) is 0.388. The Kier molecular flexibility index (Phi) is 16.0. The highest BCUT2D eigenvalue weighted by Gasteiger charge is 1.60. The average Bonchev–Trinajstić information content (AvgIpc) is 1.37. The second kappa shape index (κ2) is 9.04. The van der Waals surface area contributed by atoms with E-state index in [1.165, 1.54) is 0 Å². The van der Waals surface area contributed by atoms with Crippen LogP contribution >= 0.6 is 0 Å². The first-order valence-electron chi connectivity index (χ1n) is 1.18. The smallest absolute Gasteiger partial charge is 0.102 e. The van der Waals surface area contributed by atoms with Crippen LogP contribution < -0.4 is 5.73 Å². The lowest BCUT2D eigenvalue weighted by atomic mass is 10.8. The van der Waals surface area contributed by atoms with Crippen molar-refractivity contribution in [3.05, 3.63) is 0 Å². The molecule has 0 spiro atoms. The van der Waals surface area contributed by atoms with Crippen molar-refractivity contribution in [2.75, 3.05) is 13.2 Å². The van der Waals surface area contributed by atoms with E-state index in [-0.39, 0.29) is 15.0 Å². The second-order valence-corrected chi connectivity index (χ2v) is 0.478. The highest BCUT2D eigenvalue weighted by molar-refractivity contribution is 5.75. The summed E-state index contributed by atoms with van der Waals surface area (Å²) in [6.07, 6.45) is 0. The van der Waals surface area contributed by atoms with Crippen LogP contribution in [0.15, 0.2) is 0 Å². The van der Waals surface area contributed by atoms with Crippen LogP contribution in [0.25, 0.3) is 0 Å². The van der Waals surface area contributed by atoms with Crippen molar-refractivity contribution in [1.82, 2.24) is 0 Å². The molecule has 0 fully saturated rings. The molecule has 0 saturated heterocycles. The van der Waals surface area contributed by atoms with E-state index in [9.17, 15) is 4.39 Å². The molecule has 0 aliphatic carbocycles. The predicted molar refractivity (Wildman–Crippen MR) is 25.0 cm³/mol. The van der Waals surface area contributed by atoms with Crippen LogP contribution in [0.4, 0.5) is 4.39 Å². The molecule has 32 valence electrons. The Morgan fingerprint density at radius 2 is 1.80 bits per heavy atom. The first kappa shape index (κ1) is 8.88. The van der Waals surface area contributed by atoms with Gasteiger partial charge < -0.3 is 5.73 Å². The molecule has 0 aromatic rings. The normalized spacial score (nSPS) is 6.00. The van der Waals surface area contributed by atoms with Gasteiger partial charge in [-0.05, 0) is 0 Å². The summed E-state index contributed by atoms with van der Waals surface area (Å²) in [6, 6.07) is 0. The van der Waals surface area contributed by atoms with Gasteiger partial charge in [0.1, 0.15) is 6.67 Å². The van der Waals surface area contributed by atoms with E-state index >= 15 is 0 Å². The molecule has 0 atom stereocenters. The molecular formula is C2H9BFN. The van der Waals surface area contributed by atoms with Gasteiger partial charge in [0.05, 0.1) is 8.41 Å². The first-order valence-corrected chi connectivity index (χ1v) is 1.18. The molecular weight excluding hydrogens is 67.8 g/mol. The monoisotopic (exact) mass is 77.1 g/mol. The van der Waals surface area contributed by atoms with Gasteiger partial charge in [0, 0.05) is 6.54 Å². The molecule has 5 heavy (non-hydrogen) atoms. The van der Waals surface area contributed by atoms with Gasteiger partial charge in [-0.3, -0.25) is 0 Å². The third kappa shape index (κ3) is 16.6. The van der Waals surface area contributed by atoms with Gasteiger partial charge in [0.15, 0.2) is 0 Å². The Hall–Kier alpha value is -0.0451. The van der Waals surface area contributed by atoms with Crippen molar-refractivity contribution >= 4 is 8.41 Å². The fourth-order valence-electron chi connectivity index (χ4n) is 0. The maximum absolute atomic E-state index is 10.6. The Labute approximate surface area is 32.9 Å². The van der Waals surface area contributed by atoms with E-state index in [2.05, 4.69) is 5.73 Å². The molecule has 0 rings (SSSR count). The molecule has 0 aliphatic rings. The number of halogens is 1. The molecule has 0 aromatic carbocycles. The van der Waals surface area contributed by atoms with Crippen LogP contribution in [-0.2, 0) is 0 Å². The zero-order valence-electron chi connectivity index (χ0n) is 2.37. The molecule has 3 heteroatoms. The fourth-order valence-corrected chi connectivity index (χ4v) is 0. The Balaban J connectivity index is 0. The Morgan fingerprint density at radius 3 is 1.80 bits per heavy atom. The standard InChI is InChI=1S/C2H6FN.BH3/c3-1-2-4;/h1-2,4H2;1H3. The molecule has 0 saturated carbocycles. The second-order valence-electron chi connectivity index (χ2n) is 0.478. The van der Waals surface area contributed by atoms with Gasteiger partial charge in [0.2, 0.25) is 0 Å². The molecule has 2 N–H and O–H groups in total. The lowest BCUT2D eigenvalue weighted by Gasteiger charge is -1.67. The zero-order chi connectivity index (χ0) is 3.41. The summed E-state index contributed by atoms with van der Waals surface area (Å²) in [5.74, 6) is 0. The molecule has 0 aromatic heterocycles. The van der Waals surface area contributed by atoms with Gasteiger partial charge in [-0.2, -0.15) is 0 Å². The first-order chi connectivity index (χ1) is 1.91. The number of rotatable bonds is 1. The van der Waals surface area contributed by atoms with E-state index in [0.29, 0.717) is 0 Å². The molecule has 0 amide bonds. The largest absolute Gasteiger partial charge is 0.328 e.